The Bertz CT molecular complexity index is 732. The Morgan fingerprint density at radius 1 is 1.00 bits per heavy atom. The minimum absolute atomic E-state index is 0. The van der Waals surface area contributed by atoms with Crippen molar-refractivity contribution in [2.24, 2.45) is 4.99 Å². The molecule has 0 aliphatic carbocycles. The molecule has 0 aromatic heterocycles. The first-order valence-corrected chi connectivity index (χ1v) is 9.40. The highest BCUT2D eigenvalue weighted by atomic mass is 127. The van der Waals surface area contributed by atoms with Gasteiger partial charge in [-0.2, -0.15) is 0 Å². The maximum atomic E-state index is 12.0. The van der Waals surface area contributed by atoms with Gasteiger partial charge in [-0.15, -0.1) is 24.0 Å². The van der Waals surface area contributed by atoms with E-state index in [0.29, 0.717) is 31.4 Å². The Hall–Kier alpha value is -2.09. The summed E-state index contributed by atoms with van der Waals surface area (Å²) in [6, 6.07) is 18.5. The second-order valence-corrected chi connectivity index (χ2v) is 6.70. The highest BCUT2D eigenvalue weighted by Gasteiger charge is 2.07. The van der Waals surface area contributed by atoms with Crippen LogP contribution >= 0.6 is 24.0 Å². The van der Waals surface area contributed by atoms with Crippen LogP contribution in [-0.4, -0.2) is 32.0 Å². The van der Waals surface area contributed by atoms with Crippen LogP contribution < -0.4 is 16.0 Å². The van der Waals surface area contributed by atoms with Crippen molar-refractivity contribution in [2.45, 2.75) is 32.7 Å². The molecule has 0 heterocycles. The minimum Gasteiger partial charge on any atom is -0.356 e. The van der Waals surface area contributed by atoms with Crippen molar-refractivity contribution in [3.05, 3.63) is 71.3 Å². The summed E-state index contributed by atoms with van der Waals surface area (Å²) in [5.74, 6) is 1.11. The van der Waals surface area contributed by atoms with Gasteiger partial charge in [0.15, 0.2) is 5.96 Å². The molecule has 0 aliphatic rings. The molecule has 0 fully saturated rings. The van der Waals surface area contributed by atoms with Gasteiger partial charge in [0, 0.05) is 33.1 Å². The van der Waals surface area contributed by atoms with Gasteiger partial charge in [-0.1, -0.05) is 67.1 Å². The number of hydrogen-bond donors (Lipinski definition) is 3. The van der Waals surface area contributed by atoms with Crippen LogP contribution in [0.5, 0.6) is 0 Å². The number of amides is 1. The number of hydrogen-bond acceptors (Lipinski definition) is 2. The second-order valence-electron chi connectivity index (χ2n) is 6.70. The highest BCUT2D eigenvalue weighted by Crippen LogP contribution is 2.14. The summed E-state index contributed by atoms with van der Waals surface area (Å²) in [6.07, 6.45) is 0.404. The largest absolute Gasteiger partial charge is 0.356 e. The first-order chi connectivity index (χ1) is 13.1. The van der Waals surface area contributed by atoms with Crippen molar-refractivity contribution in [3.8, 4) is 0 Å². The predicted molar refractivity (Wildman–Crippen MR) is 127 cm³/mol. The fourth-order valence-corrected chi connectivity index (χ4v) is 2.66. The standard InChI is InChI=1S/C22H30N4O.HI/c1-17-9-11-20(12-10-17)18(2)15-26-22(23-3)24-14-13-21(27)25-16-19-7-5-4-6-8-19;/h4-12,18H,13-16H2,1-3H3,(H,25,27)(H2,23,24,26);1H. The number of nitrogens with one attached hydrogen (secondary N) is 3. The average Bonchev–Trinajstić information content (AvgIpc) is 2.70. The van der Waals surface area contributed by atoms with Gasteiger partial charge >= 0.3 is 0 Å². The summed E-state index contributed by atoms with van der Waals surface area (Å²) in [5.41, 5.74) is 3.66. The molecule has 1 amide bonds. The number of nitrogens with zero attached hydrogens (tertiary/aromatic N) is 1. The maximum absolute atomic E-state index is 12.0. The van der Waals surface area contributed by atoms with Crippen LogP contribution in [-0.2, 0) is 11.3 Å². The zero-order valence-electron chi connectivity index (χ0n) is 16.9. The third kappa shape index (κ3) is 8.73. The van der Waals surface area contributed by atoms with Gasteiger partial charge in [-0.25, -0.2) is 0 Å². The molecule has 0 radical (unpaired) electrons. The Labute approximate surface area is 185 Å². The number of carbonyl (C=O) groups is 1. The summed E-state index contributed by atoms with van der Waals surface area (Å²) in [4.78, 5) is 16.2. The van der Waals surface area contributed by atoms with E-state index in [9.17, 15) is 4.79 Å². The third-order valence-electron chi connectivity index (χ3n) is 4.42. The van der Waals surface area contributed by atoms with Crippen LogP contribution in [0.25, 0.3) is 0 Å². The molecule has 0 saturated carbocycles. The molecule has 0 bridgehead atoms. The Morgan fingerprint density at radius 3 is 2.32 bits per heavy atom. The number of guanidine groups is 1. The van der Waals surface area contributed by atoms with Crippen molar-refractivity contribution < 1.29 is 4.79 Å². The molecule has 2 aromatic rings. The van der Waals surface area contributed by atoms with E-state index in [1.54, 1.807) is 7.05 Å². The molecule has 5 nitrogen and oxygen atoms in total. The van der Waals surface area contributed by atoms with Crippen LogP contribution in [0, 0.1) is 6.92 Å². The van der Waals surface area contributed by atoms with E-state index in [0.717, 1.165) is 12.1 Å². The van der Waals surface area contributed by atoms with Crippen molar-refractivity contribution in [3.63, 3.8) is 0 Å². The molecule has 2 rings (SSSR count). The number of rotatable bonds is 8. The van der Waals surface area contributed by atoms with E-state index in [1.807, 2.05) is 30.3 Å². The van der Waals surface area contributed by atoms with E-state index in [2.05, 4.69) is 59.1 Å². The number of aryl methyl sites for hydroxylation is 1. The summed E-state index contributed by atoms with van der Waals surface area (Å²) in [6.45, 7) is 6.15. The van der Waals surface area contributed by atoms with E-state index in [1.165, 1.54) is 11.1 Å². The van der Waals surface area contributed by atoms with Gasteiger partial charge in [0.25, 0.3) is 0 Å². The van der Waals surface area contributed by atoms with E-state index < -0.39 is 0 Å². The molecule has 6 heteroatoms. The normalized spacial score (nSPS) is 11.9. The SMILES string of the molecule is CN=C(NCCC(=O)NCc1ccccc1)NCC(C)c1ccc(C)cc1.I. The van der Waals surface area contributed by atoms with Gasteiger partial charge < -0.3 is 16.0 Å². The first-order valence-electron chi connectivity index (χ1n) is 9.40. The first kappa shape index (κ1) is 23.9. The van der Waals surface area contributed by atoms with E-state index in [4.69, 9.17) is 0 Å². The van der Waals surface area contributed by atoms with Crippen molar-refractivity contribution in [1.29, 1.82) is 0 Å². The lowest BCUT2D eigenvalue weighted by molar-refractivity contribution is -0.121. The van der Waals surface area contributed by atoms with Gasteiger partial charge in [-0.3, -0.25) is 9.79 Å². The monoisotopic (exact) mass is 494 g/mol. The van der Waals surface area contributed by atoms with Crippen LogP contribution in [0.2, 0.25) is 0 Å². The van der Waals surface area contributed by atoms with Crippen LogP contribution in [0.4, 0.5) is 0 Å². The van der Waals surface area contributed by atoms with Crippen molar-refractivity contribution in [2.75, 3.05) is 20.1 Å². The summed E-state index contributed by atoms with van der Waals surface area (Å²) in [5, 5.41) is 9.44. The molecule has 1 atom stereocenters. The number of aliphatic imine (C=N–C) groups is 1. The maximum Gasteiger partial charge on any atom is 0.222 e. The molecule has 152 valence electrons. The lowest BCUT2D eigenvalue weighted by Gasteiger charge is -2.16. The average molecular weight is 494 g/mol. The fourth-order valence-electron chi connectivity index (χ4n) is 2.66. The predicted octanol–water partition coefficient (Wildman–Crippen LogP) is 3.59. The number of halogens is 1. The van der Waals surface area contributed by atoms with Crippen LogP contribution in [0.3, 0.4) is 0 Å². The van der Waals surface area contributed by atoms with Gasteiger partial charge in [-0.05, 0) is 24.0 Å². The lowest BCUT2D eigenvalue weighted by Crippen LogP contribution is -2.40. The fraction of sp³-hybridized carbons (Fsp3) is 0.364. The smallest absolute Gasteiger partial charge is 0.222 e. The van der Waals surface area contributed by atoms with E-state index in [-0.39, 0.29) is 29.9 Å². The second kappa shape index (κ2) is 13.1. The summed E-state index contributed by atoms with van der Waals surface area (Å²) >= 11 is 0. The summed E-state index contributed by atoms with van der Waals surface area (Å²) < 4.78 is 0. The van der Waals surface area contributed by atoms with Crippen LogP contribution in [0.15, 0.2) is 59.6 Å². The molecule has 28 heavy (non-hydrogen) atoms. The minimum atomic E-state index is 0. The summed E-state index contributed by atoms with van der Waals surface area (Å²) in [7, 11) is 1.74. The van der Waals surface area contributed by atoms with Crippen LogP contribution in [0.1, 0.15) is 36.0 Å². The Balaban J connectivity index is 0.00000392. The van der Waals surface area contributed by atoms with Crippen molar-refractivity contribution in [1.82, 2.24) is 16.0 Å². The van der Waals surface area contributed by atoms with Gasteiger partial charge in [0.05, 0.1) is 0 Å². The van der Waals surface area contributed by atoms with E-state index >= 15 is 0 Å². The number of benzene rings is 2. The van der Waals surface area contributed by atoms with Gasteiger partial charge in [0.2, 0.25) is 5.91 Å². The highest BCUT2D eigenvalue weighted by molar-refractivity contribution is 14.0. The topological polar surface area (TPSA) is 65.5 Å². The number of carbonyl (C=O) groups excluding carboxylic acids is 1. The molecule has 0 spiro atoms. The molecule has 0 aliphatic heterocycles. The molecule has 0 saturated heterocycles. The molecule has 1 unspecified atom stereocenters. The zero-order chi connectivity index (χ0) is 19.5. The molecular weight excluding hydrogens is 463 g/mol. The third-order valence-corrected chi connectivity index (χ3v) is 4.42. The lowest BCUT2D eigenvalue weighted by atomic mass is 10.0. The Morgan fingerprint density at radius 2 is 1.68 bits per heavy atom. The Kier molecular flexibility index (Phi) is 11.2. The zero-order valence-corrected chi connectivity index (χ0v) is 19.2. The molecular formula is C22H31IN4O. The molecule has 2 aromatic carbocycles. The van der Waals surface area contributed by atoms with Gasteiger partial charge in [0.1, 0.15) is 0 Å². The quantitative estimate of drug-likeness (QED) is 0.299. The van der Waals surface area contributed by atoms with Crippen molar-refractivity contribution >= 4 is 35.8 Å². The molecule has 3 N–H and O–H groups in total.